The van der Waals surface area contributed by atoms with E-state index in [0.717, 1.165) is 12.8 Å². The van der Waals surface area contributed by atoms with Gasteiger partial charge in [0, 0.05) is 11.1 Å². The van der Waals surface area contributed by atoms with E-state index >= 15 is 0 Å². The molecule has 2 aromatic carbocycles. The molecule has 3 rings (SSSR count). The van der Waals surface area contributed by atoms with Gasteiger partial charge in [-0.25, -0.2) is 0 Å². The van der Waals surface area contributed by atoms with E-state index in [-0.39, 0.29) is 39.6 Å². The van der Waals surface area contributed by atoms with Crippen molar-refractivity contribution in [2.75, 3.05) is 65.9 Å². The Morgan fingerprint density at radius 1 is 0.628 bits per heavy atom. The van der Waals surface area contributed by atoms with Crippen LogP contribution in [0.5, 0.6) is 11.5 Å². The second kappa shape index (κ2) is 18.9. The number of benzene rings is 2. The lowest BCUT2D eigenvalue weighted by Gasteiger charge is -2.29. The summed E-state index contributed by atoms with van der Waals surface area (Å²) in [5.41, 5.74) is 1.38. The predicted molar refractivity (Wildman–Crippen MR) is 167 cm³/mol. The third kappa shape index (κ3) is 10.4. The molecule has 242 valence electrons. The van der Waals surface area contributed by atoms with Crippen molar-refractivity contribution in [3.05, 3.63) is 59.7 Å². The number of rotatable bonds is 10. The summed E-state index contributed by atoms with van der Waals surface area (Å²) in [7, 11) is -7.19. The minimum absolute atomic E-state index is 0.237. The SMILES string of the molecule is CCOP(=O)(OCC)C1NCCCCNC(P(=O)(OCC)OCC)c2ccccc2OCCOCCOc2ccccc21. The van der Waals surface area contributed by atoms with Gasteiger partial charge in [-0.05, 0) is 65.8 Å². The fraction of sp³-hybridized carbons (Fsp3) is 0.600. The van der Waals surface area contributed by atoms with Crippen LogP contribution in [-0.4, -0.2) is 65.9 Å². The summed E-state index contributed by atoms with van der Waals surface area (Å²) >= 11 is 0. The number of para-hydroxylation sites is 2. The maximum Gasteiger partial charge on any atom is 0.352 e. The van der Waals surface area contributed by atoms with E-state index in [9.17, 15) is 9.13 Å². The van der Waals surface area contributed by atoms with Crippen LogP contribution in [0.25, 0.3) is 0 Å². The van der Waals surface area contributed by atoms with Crippen molar-refractivity contribution in [3.8, 4) is 11.5 Å². The molecular formula is C30H48N2O9P2. The highest BCUT2D eigenvalue weighted by Crippen LogP contribution is 2.61. The average Bonchev–Trinajstić information content (AvgIpc) is 2.99. The lowest BCUT2D eigenvalue weighted by atomic mass is 10.2. The quantitative estimate of drug-likeness (QED) is 0.271. The molecule has 0 radical (unpaired) electrons. The van der Waals surface area contributed by atoms with E-state index < -0.39 is 26.8 Å². The highest BCUT2D eigenvalue weighted by molar-refractivity contribution is 7.54. The summed E-state index contributed by atoms with van der Waals surface area (Å²) in [4.78, 5) is 0. The standard InChI is InChI=1S/C30H48N2O9P2/c1-5-38-42(33,39-6-2)29-25-15-9-11-17-27(25)36-23-21-35-22-24-37-28-18-12-10-16-26(28)30(32-20-14-13-19-31-29)43(34,40-7-3)41-8-4/h9-12,15-18,29-32H,5-8,13-14,19-24H2,1-4H3. The minimum Gasteiger partial charge on any atom is -0.491 e. The van der Waals surface area contributed by atoms with Gasteiger partial charge in [0.2, 0.25) is 0 Å². The lowest BCUT2D eigenvalue weighted by molar-refractivity contribution is 0.0757. The maximum atomic E-state index is 14.0. The Labute approximate surface area is 256 Å². The van der Waals surface area contributed by atoms with Crippen LogP contribution in [0.3, 0.4) is 0 Å². The smallest absolute Gasteiger partial charge is 0.352 e. The van der Waals surface area contributed by atoms with Gasteiger partial charge in [-0.3, -0.25) is 19.8 Å². The van der Waals surface area contributed by atoms with E-state index in [1.807, 2.05) is 48.5 Å². The second-order valence-corrected chi connectivity index (χ2v) is 13.8. The molecule has 11 nitrogen and oxygen atoms in total. The molecule has 43 heavy (non-hydrogen) atoms. The van der Waals surface area contributed by atoms with Gasteiger partial charge in [-0.2, -0.15) is 0 Å². The van der Waals surface area contributed by atoms with E-state index in [0.29, 0.717) is 48.9 Å². The van der Waals surface area contributed by atoms with E-state index in [4.69, 9.17) is 32.3 Å². The number of hydrogen-bond donors (Lipinski definition) is 2. The molecule has 2 atom stereocenters. The van der Waals surface area contributed by atoms with Crippen molar-refractivity contribution < 1.29 is 41.4 Å². The highest BCUT2D eigenvalue weighted by Gasteiger charge is 2.39. The first kappa shape index (κ1) is 35.7. The van der Waals surface area contributed by atoms with E-state index in [1.165, 1.54) is 0 Å². The molecule has 2 unspecified atom stereocenters. The normalized spacial score (nSPS) is 19.9. The van der Waals surface area contributed by atoms with Crippen molar-refractivity contribution in [1.29, 1.82) is 0 Å². The largest absolute Gasteiger partial charge is 0.491 e. The summed E-state index contributed by atoms with van der Waals surface area (Å²) in [5.74, 6) is -0.302. The fourth-order valence-corrected chi connectivity index (χ4v) is 8.80. The summed E-state index contributed by atoms with van der Waals surface area (Å²) in [5, 5.41) is 6.84. The Hall–Kier alpha value is -1.78. The third-order valence-electron chi connectivity index (χ3n) is 6.55. The highest BCUT2D eigenvalue weighted by atomic mass is 31.2. The van der Waals surface area contributed by atoms with Gasteiger partial charge < -0.3 is 32.3 Å². The molecule has 0 aromatic heterocycles. The fourth-order valence-electron chi connectivity index (χ4n) is 4.80. The van der Waals surface area contributed by atoms with E-state index in [1.54, 1.807) is 27.7 Å². The third-order valence-corrected chi connectivity index (χ3v) is 11.2. The molecule has 13 heteroatoms. The topological polar surface area (TPSA) is 123 Å². The first-order valence-corrected chi connectivity index (χ1v) is 18.4. The molecule has 0 saturated carbocycles. The molecule has 0 aliphatic carbocycles. The maximum absolute atomic E-state index is 14.0. The molecule has 2 N–H and O–H groups in total. The van der Waals surface area contributed by atoms with E-state index in [2.05, 4.69) is 10.6 Å². The van der Waals surface area contributed by atoms with Crippen LogP contribution in [0.2, 0.25) is 0 Å². The molecule has 0 amide bonds. The average molecular weight is 643 g/mol. The minimum atomic E-state index is -3.59. The Balaban J connectivity index is 1.89. The Morgan fingerprint density at radius 2 is 1.00 bits per heavy atom. The second-order valence-electron chi connectivity index (χ2n) is 9.56. The number of hydrogen-bond acceptors (Lipinski definition) is 11. The van der Waals surface area contributed by atoms with Gasteiger partial charge in [0.05, 0.1) is 39.6 Å². The van der Waals surface area contributed by atoms with Gasteiger partial charge in [0.15, 0.2) is 0 Å². The van der Waals surface area contributed by atoms with Gasteiger partial charge in [0.25, 0.3) is 0 Å². The predicted octanol–water partition coefficient (Wildman–Crippen LogP) is 6.66. The van der Waals surface area contributed by atoms with Crippen LogP contribution in [0.4, 0.5) is 0 Å². The van der Waals surface area contributed by atoms with Gasteiger partial charge in [-0.15, -0.1) is 0 Å². The zero-order chi connectivity index (χ0) is 31.0. The summed E-state index contributed by atoms with van der Waals surface area (Å²) < 4.78 is 69.0. The van der Waals surface area contributed by atoms with Crippen LogP contribution >= 0.6 is 15.2 Å². The summed E-state index contributed by atoms with van der Waals surface area (Å²) in [6.45, 7) is 10.4. The van der Waals surface area contributed by atoms with Crippen molar-refractivity contribution >= 4 is 15.2 Å². The first-order chi connectivity index (χ1) is 20.9. The number of fused-ring (bicyclic) bond motifs is 2. The van der Waals surface area contributed by atoms with Gasteiger partial charge in [-0.1, -0.05) is 36.4 Å². The molecule has 0 bridgehead atoms. The molecule has 0 saturated heterocycles. The molecule has 1 aliphatic rings. The van der Waals surface area contributed by atoms with Gasteiger partial charge in [0.1, 0.15) is 36.3 Å². The molecule has 2 aromatic rings. The number of nitrogens with one attached hydrogen (secondary N) is 2. The molecule has 0 fully saturated rings. The van der Waals surface area contributed by atoms with Crippen LogP contribution in [0.15, 0.2) is 48.5 Å². The monoisotopic (exact) mass is 642 g/mol. The van der Waals surface area contributed by atoms with Crippen molar-refractivity contribution in [1.82, 2.24) is 10.6 Å². The summed E-state index contributed by atoms with van der Waals surface area (Å²) in [6.07, 6.45) is 1.44. The van der Waals surface area contributed by atoms with Gasteiger partial charge >= 0.3 is 15.2 Å². The Bertz CT molecular complexity index is 1080. The van der Waals surface area contributed by atoms with Crippen molar-refractivity contribution in [2.45, 2.75) is 52.1 Å². The molecule has 1 heterocycles. The van der Waals surface area contributed by atoms with Crippen molar-refractivity contribution in [2.24, 2.45) is 0 Å². The zero-order valence-electron chi connectivity index (χ0n) is 25.8. The Kier molecular flexibility index (Phi) is 15.7. The molecular weight excluding hydrogens is 594 g/mol. The number of ether oxygens (including phenoxy) is 3. The van der Waals surface area contributed by atoms with Crippen LogP contribution in [0.1, 0.15) is 63.2 Å². The van der Waals surface area contributed by atoms with Crippen LogP contribution in [-0.2, 0) is 32.0 Å². The van der Waals surface area contributed by atoms with Crippen molar-refractivity contribution in [3.63, 3.8) is 0 Å². The van der Waals surface area contributed by atoms with Crippen LogP contribution in [0, 0.1) is 0 Å². The zero-order valence-corrected chi connectivity index (χ0v) is 27.6. The molecule has 0 spiro atoms. The molecule has 1 aliphatic heterocycles. The first-order valence-electron chi connectivity index (χ1n) is 15.2. The lowest BCUT2D eigenvalue weighted by Crippen LogP contribution is -2.27. The Morgan fingerprint density at radius 3 is 1.37 bits per heavy atom. The van der Waals surface area contributed by atoms with Crippen LogP contribution < -0.4 is 20.1 Å². The summed E-state index contributed by atoms with van der Waals surface area (Å²) in [6, 6.07) is 14.9.